The molecule has 10 heteroatoms. The molecule has 1 unspecified atom stereocenters. The van der Waals surface area contributed by atoms with Gasteiger partial charge in [-0.05, 0) is 44.9 Å². The van der Waals surface area contributed by atoms with Crippen LogP contribution in [0.3, 0.4) is 0 Å². The molecule has 5 rings (SSSR count). The number of hydrogen-bond donors (Lipinski definition) is 2. The van der Waals surface area contributed by atoms with Crippen LogP contribution in [-0.2, 0) is 14.3 Å². The average Bonchev–Trinajstić information content (AvgIpc) is 3.62. The molecule has 3 N–H and O–H groups in total. The molecule has 2 aromatic rings. The fraction of sp³-hybridized carbons (Fsp3) is 0.478. The zero-order chi connectivity index (χ0) is 23.7. The summed E-state index contributed by atoms with van der Waals surface area (Å²) in [4.78, 5) is 46.7. The first-order valence-electron chi connectivity index (χ1n) is 11.1. The fourth-order valence-electron chi connectivity index (χ4n) is 4.72. The van der Waals surface area contributed by atoms with Gasteiger partial charge >= 0.3 is 11.9 Å². The highest BCUT2D eigenvalue weighted by Crippen LogP contribution is 2.44. The lowest BCUT2D eigenvalue weighted by Crippen LogP contribution is -2.63. The van der Waals surface area contributed by atoms with Crippen molar-refractivity contribution in [3.8, 4) is 0 Å². The third kappa shape index (κ3) is 3.07. The van der Waals surface area contributed by atoms with E-state index in [0.717, 1.165) is 12.8 Å². The summed E-state index contributed by atoms with van der Waals surface area (Å²) in [5, 5.41) is 10.3. The number of nitrogens with two attached hydrogens (primary N) is 1. The number of aliphatic carboxylic acids is 1. The molecule has 33 heavy (non-hydrogen) atoms. The molecule has 0 spiro atoms. The first-order chi connectivity index (χ1) is 15.7. The highest BCUT2D eigenvalue weighted by Gasteiger charge is 2.60. The van der Waals surface area contributed by atoms with Crippen molar-refractivity contribution < 1.29 is 28.6 Å². The van der Waals surface area contributed by atoms with Crippen molar-refractivity contribution in [2.45, 2.75) is 44.8 Å². The highest BCUT2D eigenvalue weighted by atomic mass is 19.1. The Morgan fingerprint density at radius 2 is 2.03 bits per heavy atom. The Kier molecular flexibility index (Phi) is 4.82. The topological polar surface area (TPSA) is 126 Å². The molecule has 0 bridgehead atoms. The number of carbonyl (C=O) groups is 3. The smallest absolute Gasteiger partial charge is 0.333 e. The number of hydrogen-bond acceptors (Lipinski definition) is 8. The fourth-order valence-corrected chi connectivity index (χ4v) is 4.72. The average molecular weight is 456 g/mol. The van der Waals surface area contributed by atoms with E-state index in [9.17, 15) is 23.9 Å². The summed E-state index contributed by atoms with van der Waals surface area (Å²) in [6.07, 6.45) is 1.59. The van der Waals surface area contributed by atoms with Crippen LogP contribution < -0.4 is 15.5 Å². The van der Waals surface area contributed by atoms with Crippen LogP contribution in [-0.4, -0.2) is 65.6 Å². The standard InChI is InChI=1S/C23H25FN4O5/c1-3-33-22(32)23(21(30)31)10-28(13-4-5-13)20-14(19(23)29)6-12-7-15(24)18(8-17(12)26-20)27-9-16(25)11(27)2/h6-8,11,13,16H,3-5,9-10,25H2,1-2H3,(H,30,31)/t11-,16+,23?/m1/s1. The molecule has 1 aromatic carbocycles. The predicted octanol–water partition coefficient (Wildman–Crippen LogP) is 1.71. The van der Waals surface area contributed by atoms with Gasteiger partial charge in [0.15, 0.2) is 5.78 Å². The van der Waals surface area contributed by atoms with Crippen LogP contribution >= 0.6 is 0 Å². The number of carboxylic acids is 1. The molecule has 0 amide bonds. The van der Waals surface area contributed by atoms with Gasteiger partial charge in [0.1, 0.15) is 11.6 Å². The van der Waals surface area contributed by atoms with Crippen molar-refractivity contribution in [3.63, 3.8) is 0 Å². The van der Waals surface area contributed by atoms with Crippen molar-refractivity contribution in [2.75, 3.05) is 29.5 Å². The largest absolute Gasteiger partial charge is 0.480 e. The number of ketones is 1. The summed E-state index contributed by atoms with van der Waals surface area (Å²) in [5.74, 6) is -3.71. The SMILES string of the molecule is CCOC(=O)C1(C(=O)O)CN(C2CC2)c2nc3cc(N4C[C@H](N)[C@H]4C)c(F)cc3cc2C1=O. The molecule has 174 valence electrons. The molecule has 9 nitrogen and oxygen atoms in total. The monoisotopic (exact) mass is 456 g/mol. The number of anilines is 2. The van der Waals surface area contributed by atoms with E-state index in [0.29, 0.717) is 29.0 Å². The van der Waals surface area contributed by atoms with E-state index in [1.807, 2.05) is 11.8 Å². The van der Waals surface area contributed by atoms with E-state index >= 15 is 0 Å². The molecule has 1 saturated heterocycles. The molecule has 1 aliphatic carbocycles. The second kappa shape index (κ2) is 7.38. The maximum absolute atomic E-state index is 15.0. The third-order valence-electron chi connectivity index (χ3n) is 6.98. The number of fused-ring (bicyclic) bond motifs is 2. The molecule has 0 radical (unpaired) electrons. The van der Waals surface area contributed by atoms with E-state index in [4.69, 9.17) is 10.5 Å². The number of ether oxygens (including phenoxy) is 1. The van der Waals surface area contributed by atoms with Crippen molar-refractivity contribution in [1.29, 1.82) is 0 Å². The minimum atomic E-state index is -2.39. The van der Waals surface area contributed by atoms with Crippen molar-refractivity contribution in [1.82, 2.24) is 4.98 Å². The molecule has 3 aliphatic rings. The highest BCUT2D eigenvalue weighted by molar-refractivity contribution is 6.28. The first kappa shape index (κ1) is 21.6. The lowest BCUT2D eigenvalue weighted by molar-refractivity contribution is -0.163. The van der Waals surface area contributed by atoms with E-state index in [1.54, 1.807) is 17.9 Å². The van der Waals surface area contributed by atoms with E-state index in [2.05, 4.69) is 4.98 Å². The Morgan fingerprint density at radius 1 is 1.30 bits per heavy atom. The van der Waals surface area contributed by atoms with Crippen molar-refractivity contribution >= 4 is 40.1 Å². The summed E-state index contributed by atoms with van der Waals surface area (Å²) in [6.45, 7) is 3.60. The van der Waals surface area contributed by atoms with E-state index in [-0.39, 0.29) is 36.8 Å². The molecular weight excluding hydrogens is 431 g/mol. The number of halogens is 1. The second-order valence-corrected chi connectivity index (χ2v) is 9.03. The summed E-state index contributed by atoms with van der Waals surface area (Å²) >= 11 is 0. The number of Topliss-reactive ketones (excluding diaryl/α,β-unsaturated/α-hetero) is 1. The number of benzene rings is 1. The van der Waals surface area contributed by atoms with Gasteiger partial charge in [0, 0.05) is 30.1 Å². The Balaban J connectivity index is 1.66. The first-order valence-corrected chi connectivity index (χ1v) is 11.1. The Hall–Kier alpha value is -3.27. The minimum Gasteiger partial charge on any atom is -0.480 e. The van der Waals surface area contributed by atoms with Gasteiger partial charge in [-0.2, -0.15) is 0 Å². The number of nitrogens with zero attached hydrogens (tertiary/aromatic N) is 3. The van der Waals surface area contributed by atoms with E-state index in [1.165, 1.54) is 12.1 Å². The number of carboxylic acid groups (broad SMARTS) is 1. The van der Waals surface area contributed by atoms with Gasteiger partial charge < -0.3 is 25.4 Å². The second-order valence-electron chi connectivity index (χ2n) is 9.03. The summed E-state index contributed by atoms with van der Waals surface area (Å²) < 4.78 is 20.0. The van der Waals surface area contributed by atoms with Crippen LogP contribution in [0.15, 0.2) is 18.2 Å². The van der Waals surface area contributed by atoms with Crippen LogP contribution in [0.1, 0.15) is 37.0 Å². The molecule has 1 aromatic heterocycles. The maximum Gasteiger partial charge on any atom is 0.333 e. The van der Waals surface area contributed by atoms with Gasteiger partial charge in [0.2, 0.25) is 5.41 Å². The van der Waals surface area contributed by atoms with Crippen LogP contribution in [0.5, 0.6) is 0 Å². The van der Waals surface area contributed by atoms with Gasteiger partial charge in [-0.15, -0.1) is 0 Å². The van der Waals surface area contributed by atoms with Gasteiger partial charge in [-0.1, -0.05) is 0 Å². The molecule has 1 saturated carbocycles. The number of rotatable bonds is 5. The van der Waals surface area contributed by atoms with Gasteiger partial charge in [0.25, 0.3) is 0 Å². The van der Waals surface area contributed by atoms with Crippen LogP contribution in [0, 0.1) is 11.2 Å². The zero-order valence-electron chi connectivity index (χ0n) is 18.4. The Bertz CT molecular complexity index is 1200. The normalized spacial score (nSPS) is 26.7. The summed E-state index contributed by atoms with van der Waals surface area (Å²) in [7, 11) is 0. The lowest BCUT2D eigenvalue weighted by Gasteiger charge is -2.46. The number of carbonyl (C=O) groups excluding carboxylic acids is 2. The predicted molar refractivity (Wildman–Crippen MR) is 118 cm³/mol. The number of aromatic nitrogens is 1. The van der Waals surface area contributed by atoms with Crippen LogP contribution in [0.2, 0.25) is 0 Å². The third-order valence-corrected chi connectivity index (χ3v) is 6.98. The summed E-state index contributed by atoms with van der Waals surface area (Å²) in [6, 6.07) is 4.27. The van der Waals surface area contributed by atoms with Crippen LogP contribution in [0.4, 0.5) is 15.9 Å². The van der Waals surface area contributed by atoms with Crippen molar-refractivity contribution in [2.24, 2.45) is 11.1 Å². The van der Waals surface area contributed by atoms with Crippen LogP contribution in [0.25, 0.3) is 10.9 Å². The zero-order valence-corrected chi connectivity index (χ0v) is 18.4. The quantitative estimate of drug-likeness (QED) is 0.511. The lowest BCUT2D eigenvalue weighted by atomic mass is 9.76. The van der Waals surface area contributed by atoms with E-state index < -0.39 is 29.0 Å². The van der Waals surface area contributed by atoms with Crippen molar-refractivity contribution in [3.05, 3.63) is 29.6 Å². The number of pyridine rings is 1. The molecular formula is C23H25FN4O5. The molecule has 2 aliphatic heterocycles. The minimum absolute atomic E-state index is 0.0115. The Morgan fingerprint density at radius 3 is 2.61 bits per heavy atom. The molecule has 3 heterocycles. The Labute approximate surface area is 189 Å². The molecule has 2 fully saturated rings. The van der Waals surface area contributed by atoms with Gasteiger partial charge in [-0.3, -0.25) is 14.4 Å². The summed E-state index contributed by atoms with van der Waals surface area (Å²) in [5.41, 5.74) is 4.43. The number of esters is 1. The van der Waals surface area contributed by atoms with Gasteiger partial charge in [-0.25, -0.2) is 9.37 Å². The molecule has 3 atom stereocenters. The van der Waals surface area contributed by atoms with Gasteiger partial charge in [0.05, 0.1) is 29.9 Å². The maximum atomic E-state index is 15.0.